The molecule has 4 heterocycles. The monoisotopic (exact) mass is 436 g/mol. The van der Waals surface area contributed by atoms with E-state index in [0.717, 1.165) is 23.0 Å². The molecule has 0 aliphatic carbocycles. The average Bonchev–Trinajstić information content (AvgIpc) is 3.21. The molecule has 1 saturated heterocycles. The van der Waals surface area contributed by atoms with Crippen LogP contribution in [0, 0.1) is 13.8 Å². The molecule has 0 unspecified atom stereocenters. The first kappa shape index (κ1) is 19.2. The molecule has 0 spiro atoms. The quantitative estimate of drug-likeness (QED) is 0.627. The molecule has 3 aromatic rings. The summed E-state index contributed by atoms with van der Waals surface area (Å²) in [6.45, 7) is 6.47. The van der Waals surface area contributed by atoms with Crippen LogP contribution in [0.5, 0.6) is 0 Å². The Morgan fingerprint density at radius 3 is 2.36 bits per heavy atom. The summed E-state index contributed by atoms with van der Waals surface area (Å²) in [5.41, 5.74) is 2.43. The van der Waals surface area contributed by atoms with Crippen molar-refractivity contribution in [3.8, 4) is 5.82 Å². The number of amides is 1. The fourth-order valence-corrected chi connectivity index (χ4v) is 4.73. The summed E-state index contributed by atoms with van der Waals surface area (Å²) < 4.78 is 2.76. The van der Waals surface area contributed by atoms with Crippen LogP contribution in [0.3, 0.4) is 0 Å². The first-order chi connectivity index (χ1) is 13.4. The predicted molar refractivity (Wildman–Crippen MR) is 111 cm³/mol. The second-order valence-electron chi connectivity index (χ2n) is 6.59. The molecule has 28 heavy (non-hydrogen) atoms. The molecule has 0 radical (unpaired) electrons. The summed E-state index contributed by atoms with van der Waals surface area (Å²) in [6.07, 6.45) is 1.55. The molecule has 1 fully saturated rings. The third-order valence-corrected chi connectivity index (χ3v) is 6.13. The van der Waals surface area contributed by atoms with Crippen LogP contribution >= 0.6 is 34.5 Å². The number of hydrogen-bond acceptors (Lipinski definition) is 6. The third-order valence-electron chi connectivity index (χ3n) is 4.64. The molecule has 0 bridgehead atoms. The summed E-state index contributed by atoms with van der Waals surface area (Å²) in [5.74, 6) is 1.47. The lowest BCUT2D eigenvalue weighted by Crippen LogP contribution is -2.49. The number of thiophene rings is 1. The van der Waals surface area contributed by atoms with Crippen molar-refractivity contribution in [3.05, 3.63) is 50.2 Å². The van der Waals surface area contributed by atoms with Gasteiger partial charge in [-0.3, -0.25) is 4.79 Å². The van der Waals surface area contributed by atoms with E-state index in [1.54, 1.807) is 17.3 Å². The largest absolute Gasteiger partial charge is 0.353 e. The average molecular weight is 437 g/mol. The molecular weight excluding hydrogens is 419 g/mol. The standard InChI is InChI=1S/C18H18Cl2N6OS/c1-11-7-12(2)26(23-11)16-9-15(21-10-22-16)24-3-5-25(6-4-24)18(27)13-8-14(19)28-17(13)20/h7-10H,3-6H2,1-2H3. The summed E-state index contributed by atoms with van der Waals surface area (Å²) in [7, 11) is 0. The number of nitrogens with zero attached hydrogens (tertiary/aromatic N) is 6. The summed E-state index contributed by atoms with van der Waals surface area (Å²) in [4.78, 5) is 25.4. The van der Waals surface area contributed by atoms with Crippen LogP contribution in [-0.2, 0) is 0 Å². The molecule has 0 N–H and O–H groups in total. The highest BCUT2D eigenvalue weighted by atomic mass is 35.5. The van der Waals surface area contributed by atoms with Crippen LogP contribution in [0.1, 0.15) is 21.7 Å². The SMILES string of the molecule is Cc1cc(C)n(-c2cc(N3CCN(C(=O)c4cc(Cl)sc4Cl)CC3)ncn2)n1. The fraction of sp³-hybridized carbons (Fsp3) is 0.333. The first-order valence-corrected chi connectivity index (χ1v) is 10.3. The van der Waals surface area contributed by atoms with Gasteiger partial charge in [-0.2, -0.15) is 5.10 Å². The molecule has 146 valence electrons. The van der Waals surface area contributed by atoms with Gasteiger partial charge in [0, 0.05) is 37.9 Å². The van der Waals surface area contributed by atoms with Crippen molar-refractivity contribution < 1.29 is 4.79 Å². The normalized spacial score (nSPS) is 14.6. The molecule has 4 rings (SSSR count). The van der Waals surface area contributed by atoms with Gasteiger partial charge in [0.2, 0.25) is 0 Å². The van der Waals surface area contributed by atoms with E-state index in [1.165, 1.54) is 11.3 Å². The van der Waals surface area contributed by atoms with Gasteiger partial charge in [-0.25, -0.2) is 14.6 Å². The number of aromatic nitrogens is 4. The highest BCUT2D eigenvalue weighted by Crippen LogP contribution is 2.32. The van der Waals surface area contributed by atoms with Crippen molar-refractivity contribution in [2.75, 3.05) is 31.1 Å². The Kier molecular flexibility index (Phi) is 5.27. The Labute approximate surface area is 176 Å². The lowest BCUT2D eigenvalue weighted by molar-refractivity contribution is 0.0747. The smallest absolute Gasteiger partial charge is 0.256 e. The van der Waals surface area contributed by atoms with E-state index < -0.39 is 0 Å². The second kappa shape index (κ2) is 7.69. The number of aryl methyl sites for hydroxylation is 2. The molecule has 3 aromatic heterocycles. The zero-order valence-corrected chi connectivity index (χ0v) is 17.7. The van der Waals surface area contributed by atoms with Gasteiger partial charge in [-0.05, 0) is 26.0 Å². The topological polar surface area (TPSA) is 67.2 Å². The minimum absolute atomic E-state index is 0.0844. The van der Waals surface area contributed by atoms with Crippen molar-refractivity contribution in [3.63, 3.8) is 0 Å². The van der Waals surface area contributed by atoms with Gasteiger partial charge in [0.1, 0.15) is 16.5 Å². The van der Waals surface area contributed by atoms with Crippen LogP contribution in [0.25, 0.3) is 5.82 Å². The van der Waals surface area contributed by atoms with Gasteiger partial charge in [-0.1, -0.05) is 23.2 Å². The Bertz CT molecular complexity index is 1030. The maximum absolute atomic E-state index is 12.7. The predicted octanol–water partition coefficient (Wildman–Crippen LogP) is 3.61. The number of halogens is 2. The minimum atomic E-state index is -0.0844. The van der Waals surface area contributed by atoms with Gasteiger partial charge in [0.25, 0.3) is 5.91 Å². The molecule has 7 nitrogen and oxygen atoms in total. The molecule has 10 heteroatoms. The summed E-state index contributed by atoms with van der Waals surface area (Å²) in [5, 5.41) is 4.48. The van der Waals surface area contributed by atoms with E-state index in [2.05, 4.69) is 20.0 Å². The lowest BCUT2D eigenvalue weighted by Gasteiger charge is -2.35. The Hall–Kier alpha value is -2.16. The number of carbonyl (C=O) groups excluding carboxylic acids is 1. The summed E-state index contributed by atoms with van der Waals surface area (Å²) >= 11 is 13.3. The van der Waals surface area contributed by atoms with Gasteiger partial charge >= 0.3 is 0 Å². The van der Waals surface area contributed by atoms with Gasteiger partial charge in [-0.15, -0.1) is 11.3 Å². The van der Waals surface area contributed by atoms with Gasteiger partial charge in [0.05, 0.1) is 15.6 Å². The molecular formula is C18H18Cl2N6OS. The van der Waals surface area contributed by atoms with Crippen LogP contribution in [-0.4, -0.2) is 56.7 Å². The van der Waals surface area contributed by atoms with E-state index in [1.807, 2.05) is 30.7 Å². The van der Waals surface area contributed by atoms with Gasteiger partial charge in [0.15, 0.2) is 5.82 Å². The van der Waals surface area contributed by atoms with Crippen LogP contribution in [0.15, 0.2) is 24.5 Å². The third kappa shape index (κ3) is 3.72. The Morgan fingerprint density at radius 1 is 1.04 bits per heavy atom. The highest BCUT2D eigenvalue weighted by Gasteiger charge is 2.25. The zero-order chi connectivity index (χ0) is 19.8. The number of carbonyl (C=O) groups is 1. The van der Waals surface area contributed by atoms with Crippen LogP contribution in [0.2, 0.25) is 8.67 Å². The van der Waals surface area contributed by atoms with Crippen molar-refractivity contribution in [2.45, 2.75) is 13.8 Å². The van der Waals surface area contributed by atoms with E-state index in [0.29, 0.717) is 40.4 Å². The van der Waals surface area contributed by atoms with E-state index >= 15 is 0 Å². The van der Waals surface area contributed by atoms with Crippen LogP contribution < -0.4 is 4.90 Å². The van der Waals surface area contributed by atoms with E-state index in [4.69, 9.17) is 23.2 Å². The maximum Gasteiger partial charge on any atom is 0.256 e. The number of anilines is 1. The van der Waals surface area contributed by atoms with Gasteiger partial charge < -0.3 is 9.80 Å². The van der Waals surface area contributed by atoms with E-state index in [9.17, 15) is 4.79 Å². The molecule has 0 saturated carbocycles. The molecule has 1 amide bonds. The number of hydrogen-bond donors (Lipinski definition) is 0. The number of rotatable bonds is 3. The highest BCUT2D eigenvalue weighted by molar-refractivity contribution is 7.20. The zero-order valence-electron chi connectivity index (χ0n) is 15.4. The first-order valence-electron chi connectivity index (χ1n) is 8.77. The molecule has 1 aliphatic heterocycles. The second-order valence-corrected chi connectivity index (χ2v) is 8.88. The molecule has 1 aliphatic rings. The fourth-order valence-electron chi connectivity index (χ4n) is 3.28. The Balaban J connectivity index is 1.47. The van der Waals surface area contributed by atoms with Crippen molar-refractivity contribution >= 4 is 46.3 Å². The van der Waals surface area contributed by atoms with Crippen LogP contribution in [0.4, 0.5) is 5.82 Å². The Morgan fingerprint density at radius 2 is 1.75 bits per heavy atom. The maximum atomic E-state index is 12.7. The number of piperazine rings is 1. The lowest BCUT2D eigenvalue weighted by atomic mass is 10.2. The molecule has 0 atom stereocenters. The minimum Gasteiger partial charge on any atom is -0.353 e. The molecule has 0 aromatic carbocycles. The summed E-state index contributed by atoms with van der Waals surface area (Å²) in [6, 6.07) is 5.56. The van der Waals surface area contributed by atoms with Crippen molar-refractivity contribution in [1.82, 2.24) is 24.6 Å². The van der Waals surface area contributed by atoms with Crippen molar-refractivity contribution in [2.24, 2.45) is 0 Å². The van der Waals surface area contributed by atoms with E-state index in [-0.39, 0.29) is 5.91 Å². The van der Waals surface area contributed by atoms with Crippen molar-refractivity contribution in [1.29, 1.82) is 0 Å².